The highest BCUT2D eigenvalue weighted by molar-refractivity contribution is 7.98. The molecule has 0 aromatic carbocycles. The van der Waals surface area contributed by atoms with E-state index in [-0.39, 0.29) is 5.56 Å². The normalized spacial score (nSPS) is 10.8. The maximum absolute atomic E-state index is 11.3. The number of hydrogen-bond donors (Lipinski definition) is 1. The van der Waals surface area contributed by atoms with Crippen molar-refractivity contribution in [1.29, 1.82) is 0 Å². The predicted molar refractivity (Wildman–Crippen MR) is 71.8 cm³/mol. The summed E-state index contributed by atoms with van der Waals surface area (Å²) in [7, 11) is 0. The molecule has 96 valence electrons. The molecule has 0 unspecified atom stereocenters. The van der Waals surface area contributed by atoms with Gasteiger partial charge >= 0.3 is 0 Å². The lowest BCUT2D eigenvalue weighted by atomic mass is 10.4. The first-order valence-corrected chi connectivity index (χ1v) is 6.80. The molecular formula is C12H16N4OS. The maximum atomic E-state index is 11.3. The number of thioether (sulfide) groups is 1. The number of aryl methyl sites for hydroxylation is 2. The zero-order valence-electron chi connectivity index (χ0n) is 10.7. The van der Waals surface area contributed by atoms with Gasteiger partial charge in [-0.05, 0) is 20.8 Å². The average Bonchev–Trinajstić information content (AvgIpc) is 2.66. The predicted octanol–water partition coefficient (Wildman–Crippen LogP) is 1.90. The van der Waals surface area contributed by atoms with Gasteiger partial charge in [-0.2, -0.15) is 0 Å². The van der Waals surface area contributed by atoms with Crippen molar-refractivity contribution < 1.29 is 0 Å². The minimum Gasteiger partial charge on any atom is -0.335 e. The molecule has 5 nitrogen and oxygen atoms in total. The van der Waals surface area contributed by atoms with Gasteiger partial charge in [-0.15, -0.1) is 0 Å². The van der Waals surface area contributed by atoms with Crippen LogP contribution in [0.25, 0.3) is 0 Å². The smallest absolute Gasteiger partial charge is 0.251 e. The minimum absolute atomic E-state index is 0.110. The van der Waals surface area contributed by atoms with Crippen molar-refractivity contribution in [3.05, 3.63) is 39.8 Å². The Bertz CT molecular complexity index is 602. The van der Waals surface area contributed by atoms with E-state index in [1.165, 1.54) is 23.5 Å². The van der Waals surface area contributed by atoms with Gasteiger partial charge < -0.3 is 9.55 Å². The van der Waals surface area contributed by atoms with Crippen LogP contribution in [0.1, 0.15) is 24.0 Å². The Kier molecular flexibility index (Phi) is 3.86. The lowest BCUT2D eigenvalue weighted by Gasteiger charge is -2.02. The summed E-state index contributed by atoms with van der Waals surface area (Å²) < 4.78 is 2.10. The second-order valence-electron chi connectivity index (χ2n) is 4.04. The Morgan fingerprint density at radius 2 is 2.22 bits per heavy atom. The van der Waals surface area contributed by atoms with E-state index in [1.807, 2.05) is 13.3 Å². The summed E-state index contributed by atoms with van der Waals surface area (Å²) in [6, 6.07) is 1.49. The largest absolute Gasteiger partial charge is 0.335 e. The molecule has 0 bridgehead atoms. The number of nitrogens with one attached hydrogen (secondary N) is 1. The van der Waals surface area contributed by atoms with Crippen molar-refractivity contribution in [2.45, 2.75) is 38.2 Å². The molecule has 2 rings (SSSR count). The van der Waals surface area contributed by atoms with Gasteiger partial charge in [0.1, 0.15) is 0 Å². The van der Waals surface area contributed by atoms with E-state index in [0.29, 0.717) is 10.9 Å². The molecule has 0 spiro atoms. The zero-order chi connectivity index (χ0) is 13.1. The van der Waals surface area contributed by atoms with Gasteiger partial charge in [0.25, 0.3) is 5.56 Å². The first-order chi connectivity index (χ1) is 8.60. The molecule has 0 aliphatic carbocycles. The molecule has 1 N–H and O–H groups in total. The number of H-pyrrole nitrogens is 1. The Morgan fingerprint density at radius 1 is 1.44 bits per heavy atom. The van der Waals surface area contributed by atoms with E-state index in [9.17, 15) is 4.79 Å². The third kappa shape index (κ3) is 2.81. The van der Waals surface area contributed by atoms with Gasteiger partial charge in [0.2, 0.25) is 0 Å². The van der Waals surface area contributed by atoms with Gasteiger partial charge in [0, 0.05) is 29.8 Å². The summed E-state index contributed by atoms with van der Waals surface area (Å²) in [6.07, 6.45) is 1.84. The van der Waals surface area contributed by atoms with E-state index in [2.05, 4.69) is 33.4 Å². The summed E-state index contributed by atoms with van der Waals surface area (Å²) in [5, 5.41) is 0.644. The molecule has 0 atom stereocenters. The van der Waals surface area contributed by atoms with Crippen molar-refractivity contribution in [3.63, 3.8) is 0 Å². The summed E-state index contributed by atoms with van der Waals surface area (Å²) >= 11 is 1.50. The van der Waals surface area contributed by atoms with Crippen LogP contribution in [0.2, 0.25) is 0 Å². The third-order valence-electron chi connectivity index (χ3n) is 2.74. The molecule has 6 heteroatoms. The number of aromatic amines is 1. The fraction of sp³-hybridized carbons (Fsp3) is 0.417. The van der Waals surface area contributed by atoms with Crippen molar-refractivity contribution in [3.8, 4) is 0 Å². The lowest BCUT2D eigenvalue weighted by molar-refractivity contribution is 0.736. The summed E-state index contributed by atoms with van der Waals surface area (Å²) in [6.45, 7) is 6.88. The monoisotopic (exact) mass is 264 g/mol. The lowest BCUT2D eigenvalue weighted by Crippen LogP contribution is -2.08. The summed E-state index contributed by atoms with van der Waals surface area (Å²) in [5.41, 5.74) is 2.82. The van der Waals surface area contributed by atoms with Crippen LogP contribution in [0.15, 0.2) is 22.3 Å². The van der Waals surface area contributed by atoms with Crippen LogP contribution in [0.4, 0.5) is 0 Å². The molecular weight excluding hydrogens is 248 g/mol. The van der Waals surface area contributed by atoms with E-state index < -0.39 is 0 Å². The Balaban J connectivity index is 2.11. The highest BCUT2D eigenvalue weighted by atomic mass is 32.2. The number of nitrogens with zero attached hydrogens (tertiary/aromatic N) is 3. The Hall–Kier alpha value is -1.56. The van der Waals surface area contributed by atoms with E-state index in [4.69, 9.17) is 0 Å². The van der Waals surface area contributed by atoms with Gasteiger partial charge in [-0.25, -0.2) is 9.97 Å². The van der Waals surface area contributed by atoms with Crippen molar-refractivity contribution in [2.24, 2.45) is 0 Å². The van der Waals surface area contributed by atoms with Crippen LogP contribution in [0.5, 0.6) is 0 Å². The standard InChI is InChI=1S/C12H16N4OS/c1-4-16-7-13-10(9(16)3)6-18-12-14-8(2)5-11(17)15-12/h5,7H,4,6H2,1-3H3,(H,14,15,17). The van der Waals surface area contributed by atoms with Crippen molar-refractivity contribution >= 4 is 11.8 Å². The summed E-state index contributed by atoms with van der Waals surface area (Å²) in [5.74, 6) is 0.714. The van der Waals surface area contributed by atoms with E-state index in [0.717, 1.165) is 17.9 Å². The molecule has 0 saturated carbocycles. The van der Waals surface area contributed by atoms with Crippen LogP contribution in [0, 0.1) is 13.8 Å². The van der Waals surface area contributed by atoms with Gasteiger partial charge in [0.15, 0.2) is 5.16 Å². The first-order valence-electron chi connectivity index (χ1n) is 5.81. The molecule has 18 heavy (non-hydrogen) atoms. The van der Waals surface area contributed by atoms with Crippen molar-refractivity contribution in [1.82, 2.24) is 19.5 Å². The highest BCUT2D eigenvalue weighted by Crippen LogP contribution is 2.19. The quantitative estimate of drug-likeness (QED) is 0.676. The molecule has 0 radical (unpaired) electrons. The molecule has 2 heterocycles. The fourth-order valence-electron chi connectivity index (χ4n) is 1.70. The maximum Gasteiger partial charge on any atom is 0.251 e. The van der Waals surface area contributed by atoms with E-state index >= 15 is 0 Å². The Labute approximate surface area is 110 Å². The second-order valence-corrected chi connectivity index (χ2v) is 5.01. The SMILES string of the molecule is CCn1cnc(CSc2nc(C)cc(=O)[nH]2)c1C. The number of imidazole rings is 1. The number of hydrogen-bond acceptors (Lipinski definition) is 4. The van der Waals surface area contributed by atoms with Crippen LogP contribution >= 0.6 is 11.8 Å². The minimum atomic E-state index is -0.110. The topological polar surface area (TPSA) is 63.6 Å². The molecule has 2 aromatic rings. The van der Waals surface area contributed by atoms with Gasteiger partial charge in [-0.1, -0.05) is 11.8 Å². The third-order valence-corrected chi connectivity index (χ3v) is 3.62. The molecule has 0 saturated heterocycles. The average molecular weight is 264 g/mol. The molecule has 0 amide bonds. The van der Waals surface area contributed by atoms with Gasteiger partial charge in [0.05, 0.1) is 12.0 Å². The van der Waals surface area contributed by atoms with Crippen molar-refractivity contribution in [2.75, 3.05) is 0 Å². The van der Waals surface area contributed by atoms with Crippen LogP contribution in [0.3, 0.4) is 0 Å². The first kappa shape index (κ1) is 12.9. The van der Waals surface area contributed by atoms with Crippen LogP contribution < -0.4 is 5.56 Å². The highest BCUT2D eigenvalue weighted by Gasteiger charge is 2.07. The molecule has 0 aliphatic heterocycles. The second kappa shape index (κ2) is 5.39. The van der Waals surface area contributed by atoms with Crippen LogP contribution in [-0.2, 0) is 12.3 Å². The summed E-state index contributed by atoms with van der Waals surface area (Å²) in [4.78, 5) is 22.7. The van der Waals surface area contributed by atoms with Gasteiger partial charge in [-0.3, -0.25) is 4.79 Å². The zero-order valence-corrected chi connectivity index (χ0v) is 11.5. The Morgan fingerprint density at radius 3 is 2.83 bits per heavy atom. The molecule has 0 aliphatic rings. The van der Waals surface area contributed by atoms with Crippen LogP contribution in [-0.4, -0.2) is 19.5 Å². The van der Waals surface area contributed by atoms with E-state index in [1.54, 1.807) is 0 Å². The number of aromatic nitrogens is 4. The number of rotatable bonds is 4. The molecule has 0 fully saturated rings. The molecule has 2 aromatic heterocycles. The fourth-order valence-corrected chi connectivity index (χ4v) is 2.64.